The van der Waals surface area contributed by atoms with Crippen LogP contribution in [0.15, 0.2) is 41.6 Å². The van der Waals surface area contributed by atoms with E-state index in [4.69, 9.17) is 0 Å². The van der Waals surface area contributed by atoms with Crippen molar-refractivity contribution >= 4 is 17.4 Å². The fraction of sp³-hybridized carbons (Fsp3) is 0.438. The van der Waals surface area contributed by atoms with Crippen LogP contribution in [0.2, 0.25) is 0 Å². The zero-order valence-electron chi connectivity index (χ0n) is 11.9. The number of anilines is 1. The van der Waals surface area contributed by atoms with Crippen LogP contribution in [0, 0.1) is 0 Å². The number of nitrogens with one attached hydrogen (secondary N) is 1. The predicted molar refractivity (Wildman–Crippen MR) is 85.1 cm³/mol. The Hall–Kier alpha value is -1.42. The molecule has 1 N–H and O–H groups in total. The summed E-state index contributed by atoms with van der Waals surface area (Å²) in [5.41, 5.74) is 2.38. The summed E-state index contributed by atoms with van der Waals surface area (Å²) in [7, 11) is 1.94. The number of thioether (sulfide) groups is 1. The third kappa shape index (κ3) is 3.57. The second kappa shape index (κ2) is 6.35. The zero-order valence-corrected chi connectivity index (χ0v) is 12.7. The summed E-state index contributed by atoms with van der Waals surface area (Å²) in [6.45, 7) is 0.822. The Morgan fingerprint density at radius 1 is 1.25 bits per heavy atom. The quantitative estimate of drug-likeness (QED) is 0.899. The van der Waals surface area contributed by atoms with Crippen molar-refractivity contribution in [1.29, 1.82) is 0 Å². The van der Waals surface area contributed by atoms with Gasteiger partial charge >= 0.3 is 0 Å². The summed E-state index contributed by atoms with van der Waals surface area (Å²) in [6, 6.07) is 8.81. The number of hydrogen-bond acceptors (Lipinski definition) is 3. The summed E-state index contributed by atoms with van der Waals surface area (Å²) < 4.78 is 1.83. The summed E-state index contributed by atoms with van der Waals surface area (Å²) in [5, 5.41) is 8.44. The van der Waals surface area contributed by atoms with E-state index in [9.17, 15) is 0 Å². The van der Waals surface area contributed by atoms with Crippen LogP contribution >= 0.6 is 11.8 Å². The molecule has 0 saturated heterocycles. The zero-order chi connectivity index (χ0) is 13.8. The van der Waals surface area contributed by atoms with Crippen molar-refractivity contribution in [2.24, 2.45) is 7.05 Å². The highest BCUT2D eigenvalue weighted by Crippen LogP contribution is 2.34. The Bertz CT molecular complexity index is 541. The first-order chi connectivity index (χ1) is 9.79. The van der Waals surface area contributed by atoms with Gasteiger partial charge in [-0.2, -0.15) is 5.10 Å². The number of benzene rings is 1. The fourth-order valence-corrected chi connectivity index (χ4v) is 3.86. The lowest BCUT2D eigenvalue weighted by atomic mass is 10.3. The van der Waals surface area contributed by atoms with Crippen LogP contribution < -0.4 is 5.32 Å². The topological polar surface area (TPSA) is 29.9 Å². The van der Waals surface area contributed by atoms with Gasteiger partial charge in [0.15, 0.2) is 0 Å². The molecule has 1 fully saturated rings. The first-order valence-corrected chi connectivity index (χ1v) is 8.16. The van der Waals surface area contributed by atoms with Crippen molar-refractivity contribution in [3.63, 3.8) is 0 Å². The van der Waals surface area contributed by atoms with Crippen molar-refractivity contribution < 1.29 is 0 Å². The molecule has 20 heavy (non-hydrogen) atoms. The molecule has 2 aromatic rings. The van der Waals surface area contributed by atoms with Crippen molar-refractivity contribution in [2.45, 2.75) is 42.4 Å². The highest BCUT2D eigenvalue weighted by atomic mass is 32.2. The molecule has 4 heteroatoms. The van der Waals surface area contributed by atoms with Gasteiger partial charge in [0, 0.05) is 41.2 Å². The molecule has 1 aromatic heterocycles. The molecule has 0 amide bonds. The van der Waals surface area contributed by atoms with E-state index < -0.39 is 0 Å². The number of nitrogens with zero attached hydrogens (tertiary/aromatic N) is 2. The van der Waals surface area contributed by atoms with Crippen LogP contribution in [-0.2, 0) is 13.6 Å². The minimum atomic E-state index is 0.822. The maximum Gasteiger partial charge on any atom is 0.0539 e. The Morgan fingerprint density at radius 2 is 2.00 bits per heavy atom. The smallest absolute Gasteiger partial charge is 0.0539 e. The lowest BCUT2D eigenvalue weighted by molar-refractivity contribution is 0.767. The molecular formula is C16H21N3S. The van der Waals surface area contributed by atoms with Gasteiger partial charge in [-0.3, -0.25) is 4.68 Å². The summed E-state index contributed by atoms with van der Waals surface area (Å²) in [4.78, 5) is 1.39. The van der Waals surface area contributed by atoms with Gasteiger partial charge in [-0.25, -0.2) is 0 Å². The van der Waals surface area contributed by atoms with Crippen LogP contribution in [0.1, 0.15) is 31.2 Å². The average molecular weight is 287 g/mol. The standard InChI is InChI=1S/C16H21N3S/c1-19-12-13(11-18-19)10-17-14-6-8-16(9-7-14)20-15-4-2-3-5-15/h6-9,11-12,15,17H,2-5,10H2,1H3. The van der Waals surface area contributed by atoms with Crippen LogP contribution in [-0.4, -0.2) is 15.0 Å². The lowest BCUT2D eigenvalue weighted by Crippen LogP contribution is -1.98. The van der Waals surface area contributed by atoms with E-state index in [0.29, 0.717) is 0 Å². The van der Waals surface area contributed by atoms with Gasteiger partial charge in [0.1, 0.15) is 0 Å². The molecule has 1 saturated carbocycles. The maximum atomic E-state index is 4.17. The van der Waals surface area contributed by atoms with Crippen LogP contribution in [0.25, 0.3) is 0 Å². The Kier molecular flexibility index (Phi) is 4.31. The van der Waals surface area contributed by atoms with Crippen LogP contribution in [0.3, 0.4) is 0 Å². The van der Waals surface area contributed by atoms with Crippen molar-refractivity contribution in [3.8, 4) is 0 Å². The van der Waals surface area contributed by atoms with Gasteiger partial charge < -0.3 is 5.32 Å². The largest absolute Gasteiger partial charge is 0.381 e. The molecule has 1 heterocycles. The molecule has 0 atom stereocenters. The van der Waals surface area contributed by atoms with Crippen LogP contribution in [0.4, 0.5) is 5.69 Å². The first-order valence-electron chi connectivity index (χ1n) is 7.28. The molecule has 3 nitrogen and oxygen atoms in total. The lowest BCUT2D eigenvalue weighted by Gasteiger charge is -2.10. The van der Waals surface area contributed by atoms with Crippen molar-refractivity contribution in [2.75, 3.05) is 5.32 Å². The molecule has 106 valence electrons. The van der Waals surface area contributed by atoms with E-state index in [1.807, 2.05) is 35.9 Å². The van der Waals surface area contributed by atoms with Crippen molar-refractivity contribution in [1.82, 2.24) is 9.78 Å². The predicted octanol–water partition coefficient (Wildman–Crippen LogP) is 4.07. The summed E-state index contributed by atoms with van der Waals surface area (Å²) in [5.74, 6) is 0. The van der Waals surface area contributed by atoms with Gasteiger partial charge in [0.25, 0.3) is 0 Å². The van der Waals surface area contributed by atoms with E-state index in [0.717, 1.165) is 11.8 Å². The first kappa shape index (κ1) is 13.6. The second-order valence-corrected chi connectivity index (χ2v) is 6.80. The van der Waals surface area contributed by atoms with E-state index in [1.54, 1.807) is 0 Å². The van der Waals surface area contributed by atoms with Gasteiger partial charge in [-0.15, -0.1) is 11.8 Å². The van der Waals surface area contributed by atoms with Crippen molar-refractivity contribution in [3.05, 3.63) is 42.2 Å². The molecule has 0 aliphatic heterocycles. The third-order valence-corrected chi connectivity index (χ3v) is 5.06. The molecule has 1 aliphatic carbocycles. The monoisotopic (exact) mass is 287 g/mol. The van der Waals surface area contributed by atoms with E-state index in [-0.39, 0.29) is 0 Å². The molecule has 3 rings (SSSR count). The minimum Gasteiger partial charge on any atom is -0.381 e. The summed E-state index contributed by atoms with van der Waals surface area (Å²) in [6.07, 6.45) is 9.51. The molecule has 0 unspecified atom stereocenters. The van der Waals surface area contributed by atoms with E-state index in [1.165, 1.54) is 41.8 Å². The van der Waals surface area contributed by atoms with E-state index >= 15 is 0 Å². The molecule has 1 aliphatic rings. The highest BCUT2D eigenvalue weighted by Gasteiger charge is 2.15. The molecule has 0 bridgehead atoms. The van der Waals surface area contributed by atoms with Gasteiger partial charge in [0.05, 0.1) is 6.20 Å². The highest BCUT2D eigenvalue weighted by molar-refractivity contribution is 8.00. The number of aryl methyl sites for hydroxylation is 1. The second-order valence-electron chi connectivity index (χ2n) is 5.42. The molecular weight excluding hydrogens is 266 g/mol. The Morgan fingerprint density at radius 3 is 2.65 bits per heavy atom. The number of aromatic nitrogens is 2. The maximum absolute atomic E-state index is 4.17. The fourth-order valence-electron chi connectivity index (χ4n) is 2.62. The minimum absolute atomic E-state index is 0.822. The van der Waals surface area contributed by atoms with Gasteiger partial charge in [-0.05, 0) is 37.1 Å². The van der Waals surface area contributed by atoms with E-state index in [2.05, 4.69) is 34.7 Å². The van der Waals surface area contributed by atoms with Gasteiger partial charge in [-0.1, -0.05) is 12.8 Å². The van der Waals surface area contributed by atoms with Crippen LogP contribution in [0.5, 0.6) is 0 Å². The molecule has 0 spiro atoms. The normalized spacial score (nSPS) is 15.7. The van der Waals surface area contributed by atoms with Gasteiger partial charge in [0.2, 0.25) is 0 Å². The Labute approximate surface area is 124 Å². The SMILES string of the molecule is Cn1cc(CNc2ccc(SC3CCCC3)cc2)cn1. The summed E-state index contributed by atoms with van der Waals surface area (Å²) >= 11 is 2.04. The number of rotatable bonds is 5. The number of hydrogen-bond donors (Lipinski definition) is 1. The molecule has 0 radical (unpaired) electrons. The third-order valence-electron chi connectivity index (χ3n) is 3.71. The molecule has 1 aromatic carbocycles. The average Bonchev–Trinajstić information content (AvgIpc) is 3.10. The Balaban J connectivity index is 1.52.